The fraction of sp³-hybridized carbons (Fsp3) is 0.0714. The van der Waals surface area contributed by atoms with Crippen LogP contribution < -0.4 is 0 Å². The van der Waals surface area contributed by atoms with Gasteiger partial charge in [-0.25, -0.2) is 9.48 Å². The largest absolute Gasteiger partial charge is 0.478 e. The van der Waals surface area contributed by atoms with Gasteiger partial charge in [-0.05, 0) is 36.8 Å². The number of fused-ring (bicyclic) bond motifs is 1. The Balaban J connectivity index is 2.32. The maximum Gasteiger partial charge on any atom is 0.337 e. The molecule has 0 fully saturated rings. The molecule has 1 heterocycles. The van der Waals surface area contributed by atoms with Crippen LogP contribution in [0.15, 0.2) is 42.5 Å². The van der Waals surface area contributed by atoms with Crippen molar-refractivity contribution < 1.29 is 9.90 Å². The first-order chi connectivity index (χ1) is 9.16. The average molecular weight is 253 g/mol. The van der Waals surface area contributed by atoms with E-state index in [0.29, 0.717) is 5.69 Å². The van der Waals surface area contributed by atoms with Crippen LogP contribution in [-0.2, 0) is 0 Å². The van der Waals surface area contributed by atoms with Crippen molar-refractivity contribution in [2.75, 3.05) is 0 Å². The third-order valence-electron chi connectivity index (χ3n) is 2.96. The minimum Gasteiger partial charge on any atom is -0.478 e. The van der Waals surface area contributed by atoms with E-state index in [1.165, 1.54) is 0 Å². The summed E-state index contributed by atoms with van der Waals surface area (Å²) in [5.41, 5.74) is 3.23. The summed E-state index contributed by atoms with van der Waals surface area (Å²) in [6, 6.07) is 12.6. The Morgan fingerprint density at radius 3 is 2.79 bits per heavy atom. The molecule has 5 heteroatoms. The number of hydrogen-bond acceptors (Lipinski definition) is 3. The predicted octanol–water partition coefficient (Wildman–Crippen LogP) is 2.43. The summed E-state index contributed by atoms with van der Waals surface area (Å²) in [6.07, 6.45) is 0. The number of carboxylic acid groups (broad SMARTS) is 1. The topological polar surface area (TPSA) is 68.0 Å². The molecule has 0 amide bonds. The molecule has 3 aromatic rings. The Labute approximate surface area is 109 Å². The predicted molar refractivity (Wildman–Crippen MR) is 70.6 cm³/mol. The van der Waals surface area contributed by atoms with Gasteiger partial charge in [-0.3, -0.25) is 0 Å². The summed E-state index contributed by atoms with van der Waals surface area (Å²) in [7, 11) is 0. The second-order valence-corrected chi connectivity index (χ2v) is 4.32. The molecule has 0 spiro atoms. The van der Waals surface area contributed by atoms with Gasteiger partial charge in [0.1, 0.15) is 5.52 Å². The summed E-state index contributed by atoms with van der Waals surface area (Å²) in [4.78, 5) is 11.3. The van der Waals surface area contributed by atoms with Crippen LogP contribution in [0.1, 0.15) is 15.9 Å². The number of nitrogens with zero attached hydrogens (tertiary/aromatic N) is 3. The number of rotatable bonds is 2. The molecule has 0 bridgehead atoms. The SMILES string of the molecule is Cc1ccc(C(=O)O)c(-n2nnc3ccccc32)c1. The van der Waals surface area contributed by atoms with Crippen molar-refractivity contribution in [1.82, 2.24) is 15.0 Å². The highest BCUT2D eigenvalue weighted by atomic mass is 16.4. The van der Waals surface area contributed by atoms with Gasteiger partial charge in [-0.15, -0.1) is 5.10 Å². The first kappa shape index (κ1) is 11.4. The molecule has 0 saturated heterocycles. The zero-order valence-corrected chi connectivity index (χ0v) is 10.2. The lowest BCUT2D eigenvalue weighted by Crippen LogP contribution is -2.07. The van der Waals surface area contributed by atoms with Gasteiger partial charge in [0.25, 0.3) is 0 Å². The summed E-state index contributed by atoms with van der Waals surface area (Å²) >= 11 is 0. The lowest BCUT2D eigenvalue weighted by atomic mass is 10.1. The van der Waals surface area contributed by atoms with E-state index in [4.69, 9.17) is 0 Å². The molecule has 0 radical (unpaired) electrons. The Hall–Kier alpha value is -2.69. The van der Waals surface area contributed by atoms with Crippen LogP contribution in [0.3, 0.4) is 0 Å². The maximum atomic E-state index is 11.3. The second-order valence-electron chi connectivity index (χ2n) is 4.32. The molecule has 0 aliphatic carbocycles. The van der Waals surface area contributed by atoms with Gasteiger partial charge in [-0.2, -0.15) is 0 Å². The molecule has 0 unspecified atom stereocenters. The van der Waals surface area contributed by atoms with Gasteiger partial charge in [-0.1, -0.05) is 23.4 Å². The van der Waals surface area contributed by atoms with E-state index in [9.17, 15) is 9.90 Å². The Bertz CT molecular complexity index is 777. The van der Waals surface area contributed by atoms with Crippen LogP contribution in [0.25, 0.3) is 16.7 Å². The minimum atomic E-state index is -0.977. The standard InChI is InChI=1S/C14H11N3O2/c1-9-6-7-10(14(18)19)13(8-9)17-12-5-3-2-4-11(12)15-16-17/h2-8H,1H3,(H,18,19). The van der Waals surface area contributed by atoms with Crippen molar-refractivity contribution in [3.05, 3.63) is 53.6 Å². The Morgan fingerprint density at radius 1 is 1.21 bits per heavy atom. The molecule has 94 valence electrons. The first-order valence-corrected chi connectivity index (χ1v) is 5.81. The van der Waals surface area contributed by atoms with Crippen molar-refractivity contribution in [3.63, 3.8) is 0 Å². The van der Waals surface area contributed by atoms with Crippen LogP contribution >= 0.6 is 0 Å². The van der Waals surface area contributed by atoms with E-state index in [0.717, 1.165) is 16.6 Å². The summed E-state index contributed by atoms with van der Waals surface area (Å²) < 4.78 is 1.56. The molecule has 2 aromatic carbocycles. The van der Waals surface area contributed by atoms with Gasteiger partial charge in [0.2, 0.25) is 0 Å². The van der Waals surface area contributed by atoms with Gasteiger partial charge < -0.3 is 5.11 Å². The van der Waals surface area contributed by atoms with Gasteiger partial charge in [0, 0.05) is 0 Å². The fourth-order valence-corrected chi connectivity index (χ4v) is 2.04. The summed E-state index contributed by atoms with van der Waals surface area (Å²) in [5.74, 6) is -0.977. The zero-order valence-electron chi connectivity index (χ0n) is 10.2. The molecule has 1 N–H and O–H groups in total. The lowest BCUT2D eigenvalue weighted by molar-refractivity contribution is 0.0697. The van der Waals surface area contributed by atoms with Crippen molar-refractivity contribution in [2.45, 2.75) is 6.92 Å². The zero-order chi connectivity index (χ0) is 13.4. The number of carboxylic acids is 1. The van der Waals surface area contributed by atoms with Crippen molar-refractivity contribution >= 4 is 17.0 Å². The van der Waals surface area contributed by atoms with Gasteiger partial charge in [0.15, 0.2) is 0 Å². The van der Waals surface area contributed by atoms with E-state index in [1.807, 2.05) is 31.2 Å². The molecule has 0 aliphatic rings. The molecule has 0 aliphatic heterocycles. The average Bonchev–Trinajstić information content (AvgIpc) is 2.82. The van der Waals surface area contributed by atoms with Crippen LogP contribution in [-0.4, -0.2) is 26.1 Å². The molecule has 3 rings (SSSR count). The van der Waals surface area contributed by atoms with Crippen LogP contribution in [0.5, 0.6) is 0 Å². The number of benzene rings is 2. The highest BCUT2D eigenvalue weighted by molar-refractivity contribution is 5.93. The first-order valence-electron chi connectivity index (χ1n) is 5.81. The van der Waals surface area contributed by atoms with Crippen LogP contribution in [0.2, 0.25) is 0 Å². The number of aryl methyl sites for hydroxylation is 1. The Kier molecular flexibility index (Phi) is 2.52. The highest BCUT2D eigenvalue weighted by Crippen LogP contribution is 2.20. The van der Waals surface area contributed by atoms with Gasteiger partial charge in [0.05, 0.1) is 16.8 Å². The molecular formula is C14H11N3O2. The quantitative estimate of drug-likeness (QED) is 0.761. The molecule has 0 saturated carbocycles. The number of para-hydroxylation sites is 1. The smallest absolute Gasteiger partial charge is 0.337 e. The van der Waals surface area contributed by atoms with E-state index in [1.54, 1.807) is 22.9 Å². The monoisotopic (exact) mass is 253 g/mol. The third kappa shape index (κ3) is 1.85. The molecule has 5 nitrogen and oxygen atoms in total. The third-order valence-corrected chi connectivity index (χ3v) is 2.96. The van der Waals surface area contributed by atoms with Crippen molar-refractivity contribution in [2.24, 2.45) is 0 Å². The van der Waals surface area contributed by atoms with Crippen molar-refractivity contribution in [3.8, 4) is 5.69 Å². The van der Waals surface area contributed by atoms with Crippen molar-refractivity contribution in [1.29, 1.82) is 0 Å². The number of aromatic carboxylic acids is 1. The minimum absolute atomic E-state index is 0.209. The van der Waals surface area contributed by atoms with Gasteiger partial charge >= 0.3 is 5.97 Å². The van der Waals surface area contributed by atoms with E-state index in [2.05, 4.69) is 10.3 Å². The fourth-order valence-electron chi connectivity index (χ4n) is 2.04. The Morgan fingerprint density at radius 2 is 2.00 bits per heavy atom. The lowest BCUT2D eigenvalue weighted by Gasteiger charge is -2.07. The van der Waals surface area contributed by atoms with Crippen LogP contribution in [0.4, 0.5) is 0 Å². The molecular weight excluding hydrogens is 242 g/mol. The molecule has 0 atom stereocenters. The maximum absolute atomic E-state index is 11.3. The summed E-state index contributed by atoms with van der Waals surface area (Å²) in [6.45, 7) is 1.91. The second kappa shape index (κ2) is 4.20. The van der Waals surface area contributed by atoms with Crippen LogP contribution in [0, 0.1) is 6.92 Å². The number of hydrogen-bond donors (Lipinski definition) is 1. The molecule has 1 aromatic heterocycles. The van der Waals surface area contributed by atoms with E-state index in [-0.39, 0.29) is 5.56 Å². The number of aromatic nitrogens is 3. The highest BCUT2D eigenvalue weighted by Gasteiger charge is 2.14. The normalized spacial score (nSPS) is 10.8. The summed E-state index contributed by atoms with van der Waals surface area (Å²) in [5, 5.41) is 17.4. The molecule has 19 heavy (non-hydrogen) atoms. The number of carbonyl (C=O) groups is 1. The van der Waals surface area contributed by atoms with E-state index < -0.39 is 5.97 Å². The van der Waals surface area contributed by atoms with E-state index >= 15 is 0 Å².